The third-order valence-corrected chi connectivity index (χ3v) is 9.29. The number of hydrogen-bond donors (Lipinski definition) is 0. The van der Waals surface area contributed by atoms with Crippen LogP contribution in [0, 0.1) is 17.8 Å². The second-order valence-electron chi connectivity index (χ2n) is 10.2. The zero-order valence-corrected chi connectivity index (χ0v) is 21.0. The molecule has 4 nitrogen and oxygen atoms in total. The molecule has 0 spiro atoms. The summed E-state index contributed by atoms with van der Waals surface area (Å²) < 4.78 is 4.85. The summed E-state index contributed by atoms with van der Waals surface area (Å²) in [6.45, 7) is 6.44. The molecule has 0 aliphatic heterocycles. The van der Waals surface area contributed by atoms with Crippen molar-refractivity contribution in [3.05, 3.63) is 77.6 Å². The minimum absolute atomic E-state index is 0.0189. The molecule has 3 aliphatic rings. The first-order valence-electron chi connectivity index (χ1n) is 11.5. The van der Waals surface area contributed by atoms with Crippen molar-refractivity contribution in [2.75, 3.05) is 0 Å². The number of benzene rings is 2. The van der Waals surface area contributed by atoms with E-state index in [-0.39, 0.29) is 29.2 Å². The fraction of sp³-hybridized carbons (Fsp3) is 0.370. The third-order valence-electron chi connectivity index (χ3n) is 6.91. The average Bonchev–Trinajstić information content (AvgIpc) is 2.78. The van der Waals surface area contributed by atoms with Gasteiger partial charge in [0.1, 0.15) is 0 Å². The van der Waals surface area contributed by atoms with E-state index in [1.807, 2.05) is 36.4 Å². The third kappa shape index (κ3) is 3.73. The van der Waals surface area contributed by atoms with Crippen LogP contribution in [0.15, 0.2) is 71.3 Å². The van der Waals surface area contributed by atoms with E-state index >= 15 is 0 Å². The van der Waals surface area contributed by atoms with Gasteiger partial charge in [-0.25, -0.2) is 0 Å². The van der Waals surface area contributed by atoms with Gasteiger partial charge in [0.25, 0.3) is 0 Å². The van der Waals surface area contributed by atoms with E-state index in [9.17, 15) is 14.4 Å². The Morgan fingerprint density at radius 1 is 0.939 bits per heavy atom. The van der Waals surface area contributed by atoms with Crippen LogP contribution in [0.1, 0.15) is 40.0 Å². The lowest BCUT2D eigenvalue weighted by Gasteiger charge is -2.49. The minimum Gasteiger partial charge on any atom is -0.548 e. The van der Waals surface area contributed by atoms with E-state index in [1.54, 1.807) is 24.3 Å². The lowest BCUT2D eigenvalue weighted by Crippen LogP contribution is -2.62. The number of Topliss-reactive ketones (excluding diaryl/α,β-unsaturated/α-hetero) is 3. The fourth-order valence-corrected chi connectivity index (χ4v) is 8.00. The highest BCUT2D eigenvalue weighted by Gasteiger charge is 2.64. The zero-order chi connectivity index (χ0) is 23.4. The molecule has 0 radical (unpaired) electrons. The number of thioether (sulfide) groups is 1. The smallest absolute Gasteiger partial charge is 0.241 e. The van der Waals surface area contributed by atoms with E-state index in [2.05, 4.69) is 19.6 Å². The summed E-state index contributed by atoms with van der Waals surface area (Å²) in [7, 11) is -1.77. The summed E-state index contributed by atoms with van der Waals surface area (Å²) in [5, 5.41) is 0. The van der Waals surface area contributed by atoms with Gasteiger partial charge < -0.3 is 4.43 Å². The second kappa shape index (κ2) is 8.10. The Bertz CT molecular complexity index is 1170. The fourth-order valence-electron chi connectivity index (χ4n) is 5.58. The van der Waals surface area contributed by atoms with Gasteiger partial charge in [-0.15, -0.1) is 11.8 Å². The Labute approximate surface area is 199 Å². The van der Waals surface area contributed by atoms with Crippen molar-refractivity contribution in [2.24, 2.45) is 17.8 Å². The van der Waals surface area contributed by atoms with Crippen LogP contribution in [0.25, 0.3) is 0 Å². The van der Waals surface area contributed by atoms with Gasteiger partial charge in [0.15, 0.2) is 22.1 Å². The molecule has 2 aromatic rings. The van der Waals surface area contributed by atoms with Gasteiger partial charge >= 0.3 is 0 Å². The van der Waals surface area contributed by atoms with Crippen LogP contribution in [0.3, 0.4) is 0 Å². The minimum atomic E-state index is -1.77. The van der Waals surface area contributed by atoms with Crippen molar-refractivity contribution >= 4 is 37.4 Å². The van der Waals surface area contributed by atoms with Gasteiger partial charge in [0.2, 0.25) is 8.32 Å². The predicted molar refractivity (Wildman–Crippen MR) is 132 cm³/mol. The average molecular weight is 477 g/mol. The quantitative estimate of drug-likeness (QED) is 0.403. The molecule has 33 heavy (non-hydrogen) atoms. The molecule has 0 saturated heterocycles. The van der Waals surface area contributed by atoms with Crippen molar-refractivity contribution in [1.29, 1.82) is 0 Å². The van der Waals surface area contributed by atoms with Gasteiger partial charge in [0, 0.05) is 28.4 Å². The number of allylic oxidation sites excluding steroid dienone is 2. The first-order chi connectivity index (χ1) is 15.7. The summed E-state index contributed by atoms with van der Waals surface area (Å²) in [5.74, 6) is -0.352. The van der Waals surface area contributed by atoms with Crippen molar-refractivity contribution in [3.63, 3.8) is 0 Å². The highest BCUT2D eigenvalue weighted by atomic mass is 32.2. The summed E-state index contributed by atoms with van der Waals surface area (Å²) in [6.07, 6.45) is 3.80. The molecule has 0 aromatic heterocycles. The highest BCUT2D eigenvalue weighted by Crippen LogP contribution is 2.56. The first kappa shape index (κ1) is 22.4. The van der Waals surface area contributed by atoms with E-state index in [1.165, 1.54) is 11.8 Å². The van der Waals surface area contributed by atoms with Gasteiger partial charge in [-0.3, -0.25) is 14.4 Å². The Morgan fingerprint density at radius 3 is 2.30 bits per heavy atom. The molecule has 0 N–H and O–H groups in total. The Balaban J connectivity index is 1.60. The number of ketones is 3. The van der Waals surface area contributed by atoms with Crippen LogP contribution in [0.2, 0.25) is 19.6 Å². The van der Waals surface area contributed by atoms with Crippen molar-refractivity contribution in [2.45, 2.75) is 48.5 Å². The number of hydrogen-bond acceptors (Lipinski definition) is 5. The maximum atomic E-state index is 14.2. The molecule has 1 fully saturated rings. The molecule has 170 valence electrons. The zero-order valence-electron chi connectivity index (χ0n) is 19.2. The molecule has 3 aliphatic carbocycles. The molecule has 0 bridgehead atoms. The highest BCUT2D eigenvalue weighted by molar-refractivity contribution is 8.02. The number of carbonyl (C=O) groups is 3. The molecule has 5 rings (SSSR count). The first-order valence-corrected chi connectivity index (χ1v) is 15.8. The number of carbonyl (C=O) groups excluding carboxylic acids is 3. The van der Waals surface area contributed by atoms with Crippen LogP contribution in [0.4, 0.5) is 0 Å². The van der Waals surface area contributed by atoms with Crippen LogP contribution < -0.4 is 0 Å². The van der Waals surface area contributed by atoms with Gasteiger partial charge in [0.05, 0.1) is 11.7 Å². The second-order valence-corrected chi connectivity index (χ2v) is 16.0. The monoisotopic (exact) mass is 476 g/mol. The topological polar surface area (TPSA) is 60.4 Å². The molecule has 2 aromatic carbocycles. The molecular weight excluding hydrogens is 448 g/mol. The van der Waals surface area contributed by atoms with E-state index in [4.69, 9.17) is 4.43 Å². The van der Waals surface area contributed by atoms with Gasteiger partial charge in [-0.2, -0.15) is 0 Å². The Hall–Kier alpha value is -2.44. The number of rotatable bonds is 4. The lowest BCUT2D eigenvalue weighted by atomic mass is 9.57. The van der Waals surface area contributed by atoms with E-state index in [0.29, 0.717) is 30.4 Å². The molecule has 4 atom stereocenters. The van der Waals surface area contributed by atoms with Crippen LogP contribution in [0.5, 0.6) is 0 Å². The Kier molecular flexibility index (Phi) is 5.49. The van der Waals surface area contributed by atoms with Crippen molar-refractivity contribution < 1.29 is 18.8 Å². The van der Waals surface area contributed by atoms with Crippen LogP contribution in [-0.4, -0.2) is 30.4 Å². The van der Waals surface area contributed by atoms with Crippen molar-refractivity contribution in [3.8, 4) is 0 Å². The molecule has 6 heteroatoms. The van der Waals surface area contributed by atoms with E-state index in [0.717, 1.165) is 10.7 Å². The molecule has 0 amide bonds. The summed E-state index contributed by atoms with van der Waals surface area (Å²) in [6, 6.07) is 16.5. The summed E-state index contributed by atoms with van der Waals surface area (Å²) in [4.78, 5) is 42.9. The van der Waals surface area contributed by atoms with E-state index < -0.39 is 19.0 Å². The van der Waals surface area contributed by atoms with Crippen LogP contribution in [-0.2, 0) is 9.22 Å². The number of fused-ring (bicyclic) bond motifs is 3. The Morgan fingerprint density at radius 2 is 1.61 bits per heavy atom. The maximum Gasteiger partial charge on any atom is 0.241 e. The summed E-state index contributed by atoms with van der Waals surface area (Å²) >= 11 is 1.28. The van der Waals surface area contributed by atoms with Crippen molar-refractivity contribution in [1.82, 2.24) is 0 Å². The lowest BCUT2D eigenvalue weighted by molar-refractivity contribution is -0.130. The molecule has 1 saturated carbocycles. The molecule has 0 unspecified atom stereocenters. The summed E-state index contributed by atoms with van der Waals surface area (Å²) in [5.41, 5.74) is 0.830. The normalized spacial score (nSPS) is 29.0. The van der Waals surface area contributed by atoms with Crippen LogP contribution >= 0.6 is 11.8 Å². The SMILES string of the molecule is C[Si](C)(C)OC1=CC[C@H]2C(=O)[C@]3(Sc4ccccc4)C(=O)c4ccccc4C(=O)[C@@H]3C[C@H]2C1. The predicted octanol–water partition coefficient (Wildman–Crippen LogP) is 5.95. The largest absolute Gasteiger partial charge is 0.548 e. The van der Waals surface area contributed by atoms with Gasteiger partial charge in [-0.05, 0) is 56.6 Å². The molecule has 0 heterocycles. The molecular formula is C27H28O4SSi. The standard InChI is InChI=1S/C27H28O4SSi/c1-33(2,3)31-18-13-14-20-17(15-18)16-23-24(28)21-11-7-8-12-22(21)26(30)27(23,25(20)29)32-19-9-5-4-6-10-19/h4-13,17,20,23H,14-16H2,1-3H3/t17-,20-,23+,27+/m1/s1. The van der Waals surface area contributed by atoms with Gasteiger partial charge in [-0.1, -0.05) is 42.5 Å². The maximum absolute atomic E-state index is 14.2.